The average Bonchev–Trinajstić information content (AvgIpc) is 2.11. The van der Waals surface area contributed by atoms with E-state index in [0.717, 1.165) is 15.6 Å². The molecule has 76 valence electrons. The molecule has 2 N–H and O–H groups in total. The van der Waals surface area contributed by atoms with Gasteiger partial charge in [0.2, 0.25) is 5.91 Å². The molecule has 0 aliphatic carbocycles. The number of rotatable bonds is 3. The van der Waals surface area contributed by atoms with E-state index in [-0.39, 0.29) is 0 Å². The molecule has 0 saturated carbocycles. The number of aryl methyl sites for hydroxylation is 1. The molecule has 0 aliphatic heterocycles. The van der Waals surface area contributed by atoms with Gasteiger partial charge in [-0.15, -0.1) is 11.6 Å². The Hall–Kier alpha value is -0.540. The number of carbonyl (C=O) groups excluding carboxylic acids is 1. The fourth-order valence-electron chi connectivity index (χ4n) is 1.07. The maximum absolute atomic E-state index is 10.7. The van der Waals surface area contributed by atoms with Crippen LogP contribution in [0.3, 0.4) is 0 Å². The highest BCUT2D eigenvalue weighted by Crippen LogP contribution is 2.19. The van der Waals surface area contributed by atoms with E-state index in [9.17, 15) is 4.79 Å². The van der Waals surface area contributed by atoms with Crippen molar-refractivity contribution in [3.63, 3.8) is 0 Å². The number of alkyl halides is 1. The van der Waals surface area contributed by atoms with Crippen LogP contribution in [0.25, 0.3) is 0 Å². The average molecular weight is 277 g/mol. The van der Waals surface area contributed by atoms with Crippen LogP contribution in [0.2, 0.25) is 0 Å². The zero-order chi connectivity index (χ0) is 10.7. The van der Waals surface area contributed by atoms with Gasteiger partial charge in [0.05, 0.1) is 0 Å². The van der Waals surface area contributed by atoms with E-state index in [2.05, 4.69) is 15.9 Å². The topological polar surface area (TPSA) is 43.1 Å². The summed E-state index contributed by atoms with van der Waals surface area (Å²) in [4.78, 5) is 10.7. The third kappa shape index (κ3) is 3.00. The van der Waals surface area contributed by atoms with Crippen LogP contribution in [0.1, 0.15) is 11.1 Å². The highest BCUT2D eigenvalue weighted by Gasteiger charge is 2.12. The summed E-state index contributed by atoms with van der Waals surface area (Å²) in [6.07, 6.45) is 0.468. The lowest BCUT2D eigenvalue weighted by molar-refractivity contribution is -0.117. The molecule has 0 saturated heterocycles. The van der Waals surface area contributed by atoms with Crippen LogP contribution in [0.5, 0.6) is 0 Å². The van der Waals surface area contributed by atoms with Crippen molar-refractivity contribution in [1.82, 2.24) is 0 Å². The van der Waals surface area contributed by atoms with Gasteiger partial charge in [0.25, 0.3) is 0 Å². The largest absolute Gasteiger partial charge is 0.368 e. The van der Waals surface area contributed by atoms with Crippen LogP contribution in [0.4, 0.5) is 0 Å². The van der Waals surface area contributed by atoms with E-state index in [4.69, 9.17) is 17.3 Å². The van der Waals surface area contributed by atoms with E-state index in [1.54, 1.807) is 0 Å². The Morgan fingerprint density at radius 3 is 2.79 bits per heavy atom. The summed E-state index contributed by atoms with van der Waals surface area (Å²) in [7, 11) is 0. The number of benzene rings is 1. The van der Waals surface area contributed by atoms with Crippen molar-refractivity contribution in [1.29, 1.82) is 0 Å². The molecule has 0 spiro atoms. The molecule has 1 aromatic rings. The molecule has 14 heavy (non-hydrogen) atoms. The second-order valence-corrected chi connectivity index (χ2v) is 4.54. The van der Waals surface area contributed by atoms with Crippen molar-refractivity contribution in [3.8, 4) is 0 Å². The van der Waals surface area contributed by atoms with Crippen LogP contribution in [-0.2, 0) is 11.2 Å². The standard InChI is InChI=1S/C10H11BrClNO/c1-6-2-3-7(4-8(6)11)5-9(12)10(13)14/h2-4,9H,5H2,1H3,(H2,13,14). The zero-order valence-electron chi connectivity index (χ0n) is 7.76. The molecule has 4 heteroatoms. The first-order chi connectivity index (χ1) is 6.50. The van der Waals surface area contributed by atoms with Gasteiger partial charge in [0, 0.05) is 4.47 Å². The zero-order valence-corrected chi connectivity index (χ0v) is 10.1. The van der Waals surface area contributed by atoms with Gasteiger partial charge in [0.1, 0.15) is 5.38 Å². The number of nitrogens with two attached hydrogens (primary N) is 1. The van der Waals surface area contributed by atoms with E-state index >= 15 is 0 Å². The summed E-state index contributed by atoms with van der Waals surface area (Å²) >= 11 is 9.17. The fourth-order valence-corrected chi connectivity index (χ4v) is 1.68. The van der Waals surface area contributed by atoms with Gasteiger partial charge >= 0.3 is 0 Å². The van der Waals surface area contributed by atoms with Crippen molar-refractivity contribution in [2.75, 3.05) is 0 Å². The van der Waals surface area contributed by atoms with E-state index in [0.29, 0.717) is 6.42 Å². The first-order valence-electron chi connectivity index (χ1n) is 4.19. The van der Waals surface area contributed by atoms with Gasteiger partial charge in [-0.3, -0.25) is 4.79 Å². The molecule has 1 rings (SSSR count). The lowest BCUT2D eigenvalue weighted by atomic mass is 10.1. The van der Waals surface area contributed by atoms with Crippen molar-refractivity contribution in [2.24, 2.45) is 5.73 Å². The van der Waals surface area contributed by atoms with Gasteiger partial charge in [0.15, 0.2) is 0 Å². The van der Waals surface area contributed by atoms with Crippen LogP contribution in [0.15, 0.2) is 22.7 Å². The Morgan fingerprint density at radius 2 is 2.29 bits per heavy atom. The van der Waals surface area contributed by atoms with Crippen LogP contribution in [-0.4, -0.2) is 11.3 Å². The molecule has 0 fully saturated rings. The number of amides is 1. The second-order valence-electron chi connectivity index (χ2n) is 3.16. The summed E-state index contributed by atoms with van der Waals surface area (Å²) in [6, 6.07) is 5.87. The van der Waals surface area contributed by atoms with Gasteiger partial charge in [-0.2, -0.15) is 0 Å². The summed E-state index contributed by atoms with van der Waals surface area (Å²) in [6.45, 7) is 2.00. The number of hydrogen-bond donors (Lipinski definition) is 1. The second kappa shape index (κ2) is 4.80. The number of primary amides is 1. The van der Waals surface area contributed by atoms with Crippen LogP contribution in [0, 0.1) is 6.92 Å². The van der Waals surface area contributed by atoms with Crippen molar-refractivity contribution >= 4 is 33.4 Å². The van der Waals surface area contributed by atoms with Crippen molar-refractivity contribution < 1.29 is 4.79 Å². The predicted octanol–water partition coefficient (Wildman–Crippen LogP) is 2.39. The Labute approximate surface area is 96.6 Å². The van der Waals surface area contributed by atoms with Crippen LogP contribution >= 0.6 is 27.5 Å². The monoisotopic (exact) mass is 275 g/mol. The minimum Gasteiger partial charge on any atom is -0.368 e. The van der Waals surface area contributed by atoms with Crippen molar-refractivity contribution in [3.05, 3.63) is 33.8 Å². The summed E-state index contributed by atoms with van der Waals surface area (Å²) in [5, 5.41) is -0.635. The highest BCUT2D eigenvalue weighted by atomic mass is 79.9. The molecule has 1 atom stereocenters. The molecule has 2 nitrogen and oxygen atoms in total. The molecule has 0 bridgehead atoms. The molecule has 0 aromatic heterocycles. The number of hydrogen-bond acceptors (Lipinski definition) is 1. The van der Waals surface area contributed by atoms with E-state index in [1.165, 1.54) is 0 Å². The van der Waals surface area contributed by atoms with Gasteiger partial charge in [-0.25, -0.2) is 0 Å². The molecule has 1 aromatic carbocycles. The number of carbonyl (C=O) groups is 1. The predicted molar refractivity (Wildman–Crippen MR) is 61.4 cm³/mol. The van der Waals surface area contributed by atoms with Gasteiger partial charge < -0.3 is 5.73 Å². The Morgan fingerprint density at radius 1 is 1.64 bits per heavy atom. The summed E-state index contributed by atoms with van der Waals surface area (Å²) < 4.78 is 1.02. The fraction of sp³-hybridized carbons (Fsp3) is 0.300. The highest BCUT2D eigenvalue weighted by molar-refractivity contribution is 9.10. The smallest absolute Gasteiger partial charge is 0.235 e. The third-order valence-electron chi connectivity index (χ3n) is 1.96. The SMILES string of the molecule is Cc1ccc(CC(Cl)C(N)=O)cc1Br. The minimum absolute atomic E-state index is 0.468. The number of halogens is 2. The lowest BCUT2D eigenvalue weighted by Crippen LogP contribution is -2.25. The van der Waals surface area contributed by atoms with Gasteiger partial charge in [-0.05, 0) is 30.5 Å². The molecule has 0 aliphatic rings. The first-order valence-corrected chi connectivity index (χ1v) is 5.42. The van der Waals surface area contributed by atoms with Crippen molar-refractivity contribution in [2.45, 2.75) is 18.7 Å². The molecule has 0 radical (unpaired) electrons. The third-order valence-corrected chi connectivity index (χ3v) is 3.18. The molecule has 1 amide bonds. The molecular formula is C10H11BrClNO. The Balaban J connectivity index is 2.78. The quantitative estimate of drug-likeness (QED) is 0.847. The molecule has 0 heterocycles. The van der Waals surface area contributed by atoms with E-state index in [1.807, 2.05) is 25.1 Å². The normalized spacial score (nSPS) is 12.5. The van der Waals surface area contributed by atoms with Crippen LogP contribution < -0.4 is 5.73 Å². The molecular weight excluding hydrogens is 265 g/mol. The minimum atomic E-state index is -0.635. The van der Waals surface area contributed by atoms with E-state index < -0.39 is 11.3 Å². The first kappa shape index (κ1) is 11.5. The summed E-state index contributed by atoms with van der Waals surface area (Å²) in [5.74, 6) is -0.483. The maximum Gasteiger partial charge on any atom is 0.235 e. The van der Waals surface area contributed by atoms with Gasteiger partial charge in [-0.1, -0.05) is 28.1 Å². The Bertz CT molecular complexity index is 354. The Kier molecular flexibility index (Phi) is 3.96. The lowest BCUT2D eigenvalue weighted by Gasteiger charge is -2.06. The maximum atomic E-state index is 10.7. The summed E-state index contributed by atoms with van der Waals surface area (Å²) in [5.41, 5.74) is 7.22. The molecule has 1 unspecified atom stereocenters.